The van der Waals surface area contributed by atoms with Crippen LogP contribution in [-0.4, -0.2) is 47.4 Å². The molecule has 0 bridgehead atoms. The molecule has 1 saturated heterocycles. The van der Waals surface area contributed by atoms with E-state index < -0.39 is 21.5 Å². The maximum atomic E-state index is 10.7. The minimum Gasteiger partial charge on any atom is -0.465 e. The van der Waals surface area contributed by atoms with Crippen LogP contribution in [0.4, 0.5) is 4.79 Å². The first-order valence-corrected chi connectivity index (χ1v) is 5.77. The zero-order valence-corrected chi connectivity index (χ0v) is 8.20. The fraction of sp³-hybridized carbons (Fsp3) is 0.857. The number of nitrogens with zero attached hydrogens (tertiary/aromatic N) is 1. The number of carboxylic acid groups (broad SMARTS) is 1. The Morgan fingerprint density at radius 2 is 1.86 bits per heavy atom. The molecule has 2 fully saturated rings. The van der Waals surface area contributed by atoms with E-state index in [2.05, 4.69) is 0 Å². The van der Waals surface area contributed by atoms with E-state index in [1.54, 1.807) is 0 Å². The monoisotopic (exact) mass is 221 g/mol. The summed E-state index contributed by atoms with van der Waals surface area (Å²) in [6.45, 7) is 0.794. The zero-order valence-electron chi connectivity index (χ0n) is 7.38. The molecular weight excluding hydrogens is 210 g/mol. The number of rotatable bonds is 1. The average Bonchev–Trinajstić information content (AvgIpc) is 1.74. The first-order chi connectivity index (χ1) is 6.32. The van der Waals surface area contributed by atoms with Gasteiger partial charge in [-0.05, 0) is 12.8 Å². The Kier molecular flexibility index (Phi) is 1.81. The highest BCUT2D eigenvalue weighted by molar-refractivity contribution is 7.86. The minimum atomic E-state index is -3.92. The number of likely N-dealkylation sites (tertiary alicyclic amines) is 1. The van der Waals surface area contributed by atoms with Gasteiger partial charge >= 0.3 is 6.09 Å². The molecule has 1 heterocycles. The van der Waals surface area contributed by atoms with Gasteiger partial charge in [0.05, 0.1) is 5.25 Å². The average molecular weight is 221 g/mol. The lowest BCUT2D eigenvalue weighted by molar-refractivity contribution is -0.0435. The highest BCUT2D eigenvalue weighted by atomic mass is 32.2. The molecule has 1 saturated carbocycles. The number of amides is 1. The van der Waals surface area contributed by atoms with Crippen LogP contribution in [0, 0.1) is 5.41 Å². The van der Waals surface area contributed by atoms with Crippen molar-refractivity contribution in [3.8, 4) is 0 Å². The van der Waals surface area contributed by atoms with Crippen LogP contribution in [0.5, 0.6) is 0 Å². The van der Waals surface area contributed by atoms with Crippen molar-refractivity contribution in [1.82, 2.24) is 4.90 Å². The first kappa shape index (κ1) is 9.72. The van der Waals surface area contributed by atoms with Gasteiger partial charge in [0.2, 0.25) is 0 Å². The summed E-state index contributed by atoms with van der Waals surface area (Å²) >= 11 is 0. The van der Waals surface area contributed by atoms with Gasteiger partial charge in [0, 0.05) is 18.5 Å². The summed E-state index contributed by atoms with van der Waals surface area (Å²) in [5.41, 5.74) is -0.168. The van der Waals surface area contributed by atoms with E-state index in [0.717, 1.165) is 0 Å². The second-order valence-corrected chi connectivity index (χ2v) is 5.88. The van der Waals surface area contributed by atoms with Gasteiger partial charge in [-0.2, -0.15) is 8.42 Å². The molecule has 7 heteroatoms. The lowest BCUT2D eigenvalue weighted by Crippen LogP contribution is -2.65. The van der Waals surface area contributed by atoms with Crippen LogP contribution >= 0.6 is 0 Å². The lowest BCUT2D eigenvalue weighted by Gasteiger charge is -2.57. The van der Waals surface area contributed by atoms with E-state index in [0.29, 0.717) is 25.9 Å². The maximum Gasteiger partial charge on any atom is 0.407 e. The molecule has 2 aliphatic rings. The summed E-state index contributed by atoms with van der Waals surface area (Å²) in [5, 5.41) is 7.89. The highest BCUT2D eigenvalue weighted by Gasteiger charge is 2.57. The standard InChI is InChI=1S/C7H11NO5S/c9-6(10)8-3-7(4-8)1-5(2-7)14(11,12)13/h5H,1-4H2,(H,9,10)(H,11,12,13). The van der Waals surface area contributed by atoms with Crippen LogP contribution in [0.3, 0.4) is 0 Å². The van der Waals surface area contributed by atoms with Crippen molar-refractivity contribution >= 4 is 16.2 Å². The van der Waals surface area contributed by atoms with Crippen LogP contribution in [0.1, 0.15) is 12.8 Å². The van der Waals surface area contributed by atoms with E-state index in [1.807, 2.05) is 0 Å². The second-order valence-electron chi connectivity index (χ2n) is 4.18. The van der Waals surface area contributed by atoms with Crippen molar-refractivity contribution in [1.29, 1.82) is 0 Å². The van der Waals surface area contributed by atoms with Gasteiger partial charge in [-0.25, -0.2) is 4.79 Å². The Bertz CT molecular complexity index is 362. The Morgan fingerprint density at radius 1 is 1.36 bits per heavy atom. The SMILES string of the molecule is O=C(O)N1CC2(CC(S(=O)(=O)O)C2)C1. The Balaban J connectivity index is 1.88. The molecule has 0 aromatic rings. The summed E-state index contributed by atoms with van der Waals surface area (Å²) in [6, 6.07) is 0. The third kappa shape index (κ3) is 1.36. The molecule has 80 valence electrons. The van der Waals surface area contributed by atoms with Crippen molar-refractivity contribution in [3.63, 3.8) is 0 Å². The minimum absolute atomic E-state index is 0.168. The largest absolute Gasteiger partial charge is 0.465 e. The van der Waals surface area contributed by atoms with E-state index in [1.165, 1.54) is 4.90 Å². The summed E-state index contributed by atoms with van der Waals surface area (Å²) in [7, 11) is -3.92. The third-order valence-electron chi connectivity index (χ3n) is 3.07. The number of hydrogen-bond acceptors (Lipinski definition) is 3. The molecule has 0 radical (unpaired) electrons. The number of hydrogen-bond donors (Lipinski definition) is 2. The van der Waals surface area contributed by atoms with Crippen molar-refractivity contribution < 1.29 is 22.9 Å². The van der Waals surface area contributed by atoms with E-state index in [9.17, 15) is 13.2 Å². The molecule has 1 spiro atoms. The quantitative estimate of drug-likeness (QED) is 0.608. The second kappa shape index (κ2) is 2.60. The van der Waals surface area contributed by atoms with Crippen molar-refractivity contribution in [2.45, 2.75) is 18.1 Å². The Hall–Kier alpha value is -0.820. The van der Waals surface area contributed by atoms with E-state index >= 15 is 0 Å². The molecule has 14 heavy (non-hydrogen) atoms. The van der Waals surface area contributed by atoms with Crippen LogP contribution in [0.15, 0.2) is 0 Å². The smallest absolute Gasteiger partial charge is 0.407 e. The van der Waals surface area contributed by atoms with Crippen molar-refractivity contribution in [3.05, 3.63) is 0 Å². The molecule has 2 N–H and O–H groups in total. The Morgan fingerprint density at radius 3 is 2.21 bits per heavy atom. The van der Waals surface area contributed by atoms with Crippen molar-refractivity contribution in [2.24, 2.45) is 5.41 Å². The molecule has 1 aliphatic heterocycles. The lowest BCUT2D eigenvalue weighted by atomic mass is 9.63. The van der Waals surface area contributed by atoms with Crippen LogP contribution < -0.4 is 0 Å². The summed E-state index contributed by atoms with van der Waals surface area (Å²) in [5.74, 6) is 0. The molecule has 0 aromatic heterocycles. The zero-order chi connectivity index (χ0) is 10.6. The van der Waals surface area contributed by atoms with E-state index in [4.69, 9.17) is 9.66 Å². The first-order valence-electron chi connectivity index (χ1n) is 4.27. The molecular formula is C7H11NO5S. The molecule has 1 amide bonds. The third-order valence-corrected chi connectivity index (χ3v) is 4.24. The predicted octanol–water partition coefficient (Wildman–Crippen LogP) is 0.0166. The topological polar surface area (TPSA) is 94.9 Å². The molecule has 1 aliphatic carbocycles. The maximum absolute atomic E-state index is 10.7. The van der Waals surface area contributed by atoms with Gasteiger partial charge in [0.15, 0.2) is 0 Å². The highest BCUT2D eigenvalue weighted by Crippen LogP contribution is 2.50. The fourth-order valence-corrected chi connectivity index (χ4v) is 3.40. The van der Waals surface area contributed by atoms with Gasteiger partial charge in [0.1, 0.15) is 0 Å². The van der Waals surface area contributed by atoms with Crippen LogP contribution in [0.25, 0.3) is 0 Å². The molecule has 0 unspecified atom stereocenters. The normalized spacial score (nSPS) is 25.6. The van der Waals surface area contributed by atoms with Gasteiger partial charge in [-0.1, -0.05) is 0 Å². The summed E-state index contributed by atoms with van der Waals surface area (Å²) < 4.78 is 30.1. The summed E-state index contributed by atoms with van der Waals surface area (Å²) in [4.78, 5) is 11.7. The molecule has 0 aromatic carbocycles. The van der Waals surface area contributed by atoms with Crippen molar-refractivity contribution in [2.75, 3.05) is 13.1 Å². The predicted molar refractivity (Wildman–Crippen MR) is 46.6 cm³/mol. The summed E-state index contributed by atoms with van der Waals surface area (Å²) in [6.07, 6.45) is -0.198. The Labute approximate surface area is 81.3 Å². The van der Waals surface area contributed by atoms with Crippen LogP contribution in [-0.2, 0) is 10.1 Å². The van der Waals surface area contributed by atoms with Gasteiger partial charge in [0.25, 0.3) is 10.1 Å². The number of carbonyl (C=O) groups is 1. The van der Waals surface area contributed by atoms with Gasteiger partial charge in [-0.15, -0.1) is 0 Å². The molecule has 6 nitrogen and oxygen atoms in total. The van der Waals surface area contributed by atoms with Gasteiger partial charge < -0.3 is 10.0 Å². The molecule has 2 rings (SSSR count). The van der Waals surface area contributed by atoms with Crippen LogP contribution in [0.2, 0.25) is 0 Å². The molecule has 0 atom stereocenters. The van der Waals surface area contributed by atoms with Gasteiger partial charge in [-0.3, -0.25) is 4.55 Å². The fourth-order valence-electron chi connectivity index (χ4n) is 2.27. The van der Waals surface area contributed by atoms with E-state index in [-0.39, 0.29) is 5.41 Å².